The van der Waals surface area contributed by atoms with E-state index >= 15 is 0 Å². The van der Waals surface area contributed by atoms with Crippen molar-refractivity contribution in [1.82, 2.24) is 10.2 Å². The number of likely N-dealkylation sites (tertiary alicyclic amines) is 1. The third-order valence-electron chi connectivity index (χ3n) is 4.58. The van der Waals surface area contributed by atoms with Crippen molar-refractivity contribution in [3.05, 3.63) is 0 Å². The average molecular weight is 281 g/mol. The molecule has 0 bridgehead atoms. The second-order valence-corrected chi connectivity index (χ2v) is 6.09. The maximum absolute atomic E-state index is 12.1. The Balaban J connectivity index is 1.65. The Kier molecular flexibility index (Phi) is 5.83. The second-order valence-electron chi connectivity index (χ2n) is 6.09. The third kappa shape index (κ3) is 4.20. The third-order valence-corrected chi connectivity index (χ3v) is 4.58. The highest BCUT2D eigenvalue weighted by molar-refractivity contribution is 5.80. The van der Waals surface area contributed by atoms with Crippen LogP contribution in [0.1, 0.15) is 44.9 Å². The van der Waals surface area contributed by atoms with Crippen LogP contribution in [-0.2, 0) is 9.59 Å². The normalized spacial score (nSPS) is 26.6. The van der Waals surface area contributed by atoms with Crippen LogP contribution in [0.3, 0.4) is 0 Å². The number of amides is 2. The summed E-state index contributed by atoms with van der Waals surface area (Å²) < 4.78 is 0. The standard InChI is InChI=1S/C15H27N3O2/c16-11-12-4-3-5-13(10-12)15(20)17-7-6-14(19)18-8-1-2-9-18/h12-13H,1-11,16H2,(H,17,20). The van der Waals surface area contributed by atoms with Crippen LogP contribution in [0.5, 0.6) is 0 Å². The molecular weight excluding hydrogens is 254 g/mol. The van der Waals surface area contributed by atoms with E-state index in [1.807, 2.05) is 4.90 Å². The zero-order valence-electron chi connectivity index (χ0n) is 12.3. The van der Waals surface area contributed by atoms with Gasteiger partial charge in [0, 0.05) is 32.0 Å². The van der Waals surface area contributed by atoms with Gasteiger partial charge in [-0.3, -0.25) is 9.59 Å². The molecule has 114 valence electrons. The van der Waals surface area contributed by atoms with Gasteiger partial charge in [0.25, 0.3) is 0 Å². The number of carbonyl (C=O) groups is 2. The Hall–Kier alpha value is -1.10. The fourth-order valence-electron chi connectivity index (χ4n) is 3.30. The van der Waals surface area contributed by atoms with Crippen LogP contribution in [0.4, 0.5) is 0 Å². The molecule has 2 rings (SSSR count). The van der Waals surface area contributed by atoms with Crippen LogP contribution < -0.4 is 11.1 Å². The van der Waals surface area contributed by atoms with Gasteiger partial charge in [0.05, 0.1) is 0 Å². The summed E-state index contributed by atoms with van der Waals surface area (Å²) in [6, 6.07) is 0. The van der Waals surface area contributed by atoms with Crippen molar-refractivity contribution < 1.29 is 9.59 Å². The molecule has 2 aliphatic rings. The molecule has 1 heterocycles. The summed E-state index contributed by atoms with van der Waals surface area (Å²) in [5, 5.41) is 2.92. The summed E-state index contributed by atoms with van der Waals surface area (Å²) in [6.07, 6.45) is 6.76. The first-order valence-corrected chi connectivity index (χ1v) is 7.96. The minimum atomic E-state index is 0.0965. The monoisotopic (exact) mass is 281 g/mol. The molecule has 2 fully saturated rings. The predicted octanol–water partition coefficient (Wildman–Crippen LogP) is 0.880. The Morgan fingerprint density at radius 2 is 1.90 bits per heavy atom. The molecule has 1 aliphatic carbocycles. The van der Waals surface area contributed by atoms with Crippen LogP contribution in [-0.4, -0.2) is 42.9 Å². The molecule has 2 atom stereocenters. The largest absolute Gasteiger partial charge is 0.355 e. The molecule has 20 heavy (non-hydrogen) atoms. The van der Waals surface area contributed by atoms with Gasteiger partial charge < -0.3 is 16.0 Å². The van der Waals surface area contributed by atoms with Crippen LogP contribution in [0.25, 0.3) is 0 Å². The summed E-state index contributed by atoms with van der Waals surface area (Å²) in [4.78, 5) is 25.8. The summed E-state index contributed by atoms with van der Waals surface area (Å²) >= 11 is 0. The molecule has 5 nitrogen and oxygen atoms in total. The van der Waals surface area contributed by atoms with Crippen LogP contribution in [0, 0.1) is 11.8 Å². The lowest BCUT2D eigenvalue weighted by Gasteiger charge is -2.27. The number of rotatable bonds is 5. The van der Waals surface area contributed by atoms with E-state index in [4.69, 9.17) is 5.73 Å². The van der Waals surface area contributed by atoms with Gasteiger partial charge in [-0.15, -0.1) is 0 Å². The molecule has 2 unspecified atom stereocenters. The zero-order chi connectivity index (χ0) is 14.4. The molecule has 1 aliphatic heterocycles. The zero-order valence-corrected chi connectivity index (χ0v) is 12.3. The average Bonchev–Trinajstić information content (AvgIpc) is 3.01. The Morgan fingerprint density at radius 1 is 1.15 bits per heavy atom. The van der Waals surface area contributed by atoms with Gasteiger partial charge in [-0.25, -0.2) is 0 Å². The predicted molar refractivity (Wildman–Crippen MR) is 77.9 cm³/mol. The van der Waals surface area contributed by atoms with E-state index in [9.17, 15) is 9.59 Å². The molecule has 1 saturated carbocycles. The summed E-state index contributed by atoms with van der Waals surface area (Å²) in [7, 11) is 0. The maximum atomic E-state index is 12.1. The first kappa shape index (κ1) is 15.3. The Labute approximate surface area is 121 Å². The van der Waals surface area contributed by atoms with Crippen molar-refractivity contribution in [1.29, 1.82) is 0 Å². The van der Waals surface area contributed by atoms with Gasteiger partial charge in [0.15, 0.2) is 0 Å². The van der Waals surface area contributed by atoms with Crippen LogP contribution in [0.15, 0.2) is 0 Å². The van der Waals surface area contributed by atoms with Crippen molar-refractivity contribution in [2.45, 2.75) is 44.9 Å². The molecule has 0 radical (unpaired) electrons. The topological polar surface area (TPSA) is 75.4 Å². The van der Waals surface area contributed by atoms with E-state index in [1.54, 1.807) is 0 Å². The minimum Gasteiger partial charge on any atom is -0.355 e. The number of carbonyl (C=O) groups excluding carboxylic acids is 2. The quantitative estimate of drug-likeness (QED) is 0.785. The molecule has 5 heteroatoms. The van der Waals surface area contributed by atoms with Gasteiger partial charge in [0.1, 0.15) is 0 Å². The molecule has 3 N–H and O–H groups in total. The molecule has 0 aromatic rings. The van der Waals surface area contributed by atoms with Crippen molar-refractivity contribution in [3.8, 4) is 0 Å². The summed E-state index contributed by atoms with van der Waals surface area (Å²) in [6.45, 7) is 2.91. The van der Waals surface area contributed by atoms with Crippen molar-refractivity contribution >= 4 is 11.8 Å². The van der Waals surface area contributed by atoms with Crippen molar-refractivity contribution in [2.75, 3.05) is 26.2 Å². The number of hydrogen-bond donors (Lipinski definition) is 2. The highest BCUT2D eigenvalue weighted by Crippen LogP contribution is 2.28. The number of nitrogens with one attached hydrogen (secondary N) is 1. The molecule has 0 aromatic carbocycles. The molecule has 0 spiro atoms. The van der Waals surface area contributed by atoms with Gasteiger partial charge >= 0.3 is 0 Å². The van der Waals surface area contributed by atoms with Crippen LogP contribution >= 0.6 is 0 Å². The van der Waals surface area contributed by atoms with Gasteiger partial charge in [0.2, 0.25) is 11.8 Å². The molecule has 1 saturated heterocycles. The highest BCUT2D eigenvalue weighted by atomic mass is 16.2. The summed E-state index contributed by atoms with van der Waals surface area (Å²) in [5.74, 6) is 0.869. The first-order valence-electron chi connectivity index (χ1n) is 7.96. The number of hydrogen-bond acceptors (Lipinski definition) is 3. The lowest BCUT2D eigenvalue weighted by Crippen LogP contribution is -2.37. The van der Waals surface area contributed by atoms with E-state index in [-0.39, 0.29) is 17.7 Å². The van der Waals surface area contributed by atoms with E-state index in [1.165, 1.54) is 0 Å². The second kappa shape index (κ2) is 7.62. The SMILES string of the molecule is NCC1CCCC(C(=O)NCCC(=O)N2CCCC2)C1. The van der Waals surface area contributed by atoms with E-state index < -0.39 is 0 Å². The smallest absolute Gasteiger partial charge is 0.224 e. The molecule has 0 aromatic heterocycles. The van der Waals surface area contributed by atoms with Crippen molar-refractivity contribution in [2.24, 2.45) is 17.6 Å². The van der Waals surface area contributed by atoms with Crippen LogP contribution in [0.2, 0.25) is 0 Å². The van der Waals surface area contributed by atoms with E-state index in [0.29, 0.717) is 25.4 Å². The lowest BCUT2D eigenvalue weighted by molar-refractivity contribution is -0.130. The Bertz CT molecular complexity index is 340. The fraction of sp³-hybridized carbons (Fsp3) is 0.867. The molecule has 2 amide bonds. The fourth-order valence-corrected chi connectivity index (χ4v) is 3.30. The van der Waals surface area contributed by atoms with E-state index in [2.05, 4.69) is 5.32 Å². The van der Waals surface area contributed by atoms with E-state index in [0.717, 1.165) is 51.6 Å². The summed E-state index contributed by atoms with van der Waals surface area (Å²) in [5.41, 5.74) is 5.69. The number of nitrogens with two attached hydrogens (primary N) is 1. The first-order chi connectivity index (χ1) is 9.70. The van der Waals surface area contributed by atoms with Gasteiger partial charge in [-0.2, -0.15) is 0 Å². The highest BCUT2D eigenvalue weighted by Gasteiger charge is 2.26. The maximum Gasteiger partial charge on any atom is 0.224 e. The van der Waals surface area contributed by atoms with Crippen molar-refractivity contribution in [3.63, 3.8) is 0 Å². The Morgan fingerprint density at radius 3 is 2.60 bits per heavy atom. The van der Waals surface area contributed by atoms with Gasteiger partial charge in [-0.05, 0) is 44.6 Å². The lowest BCUT2D eigenvalue weighted by atomic mass is 9.81. The van der Waals surface area contributed by atoms with Gasteiger partial charge in [-0.1, -0.05) is 6.42 Å². The molecular formula is C15H27N3O2. The number of nitrogens with zero attached hydrogens (tertiary/aromatic N) is 1. The minimum absolute atomic E-state index is 0.0965.